The maximum absolute atomic E-state index is 12.6. The van der Waals surface area contributed by atoms with Crippen molar-refractivity contribution in [2.45, 2.75) is 31.2 Å². The Morgan fingerprint density at radius 2 is 1.64 bits per heavy atom. The van der Waals surface area contributed by atoms with Crippen molar-refractivity contribution >= 4 is 28.5 Å². The normalized spacial score (nSPS) is 19.3. The molecule has 0 atom stereocenters. The van der Waals surface area contributed by atoms with Gasteiger partial charge in [-0.25, -0.2) is 9.97 Å². The number of amides is 2. The summed E-state index contributed by atoms with van der Waals surface area (Å²) in [5.41, 5.74) is 5.95. The topological polar surface area (TPSA) is 120 Å². The summed E-state index contributed by atoms with van der Waals surface area (Å²) in [5, 5.41) is 3.90. The first-order valence-electron chi connectivity index (χ1n) is 9.26. The van der Waals surface area contributed by atoms with Crippen molar-refractivity contribution in [2.75, 3.05) is 33.0 Å². The molecule has 3 N–H and O–H groups in total. The van der Waals surface area contributed by atoms with Gasteiger partial charge in [-0.15, -0.1) is 0 Å². The van der Waals surface area contributed by atoms with E-state index in [1.807, 2.05) is 0 Å². The summed E-state index contributed by atoms with van der Waals surface area (Å²) in [7, 11) is 3.09. The molecule has 2 aliphatic heterocycles. The molecular formula is C19H23N5O4. The summed E-state index contributed by atoms with van der Waals surface area (Å²) >= 11 is 0. The number of aromatic nitrogens is 2. The van der Waals surface area contributed by atoms with Crippen molar-refractivity contribution in [1.82, 2.24) is 20.2 Å². The van der Waals surface area contributed by atoms with Crippen molar-refractivity contribution in [2.24, 2.45) is 0 Å². The number of hydrogen-bond donors (Lipinski definition) is 2. The fourth-order valence-electron chi connectivity index (χ4n) is 4.13. The molecule has 9 nitrogen and oxygen atoms in total. The third-order valence-corrected chi connectivity index (χ3v) is 5.56. The Hall–Kier alpha value is -2.94. The van der Waals surface area contributed by atoms with Crippen LogP contribution in [0.15, 0.2) is 12.1 Å². The van der Waals surface area contributed by atoms with Crippen molar-refractivity contribution in [3.05, 3.63) is 18.0 Å². The van der Waals surface area contributed by atoms with Crippen LogP contribution in [0.2, 0.25) is 0 Å². The van der Waals surface area contributed by atoms with Gasteiger partial charge in [0.05, 0.1) is 19.7 Å². The minimum absolute atomic E-state index is 0.179. The Kier molecular flexibility index (Phi) is 4.54. The Labute approximate surface area is 162 Å². The fourth-order valence-corrected chi connectivity index (χ4v) is 4.13. The monoisotopic (exact) mass is 385 g/mol. The molecule has 2 saturated heterocycles. The van der Waals surface area contributed by atoms with Gasteiger partial charge in [-0.2, -0.15) is 0 Å². The van der Waals surface area contributed by atoms with Crippen LogP contribution < -0.4 is 20.5 Å². The molecule has 0 bridgehead atoms. The van der Waals surface area contributed by atoms with Gasteiger partial charge >= 0.3 is 0 Å². The Morgan fingerprint density at radius 3 is 2.25 bits per heavy atom. The van der Waals surface area contributed by atoms with Gasteiger partial charge in [0.2, 0.25) is 11.8 Å². The zero-order valence-corrected chi connectivity index (χ0v) is 15.9. The largest absolute Gasteiger partial charge is 0.493 e. The highest BCUT2D eigenvalue weighted by molar-refractivity contribution is 6.03. The fraction of sp³-hybridized carbons (Fsp3) is 0.474. The molecule has 0 spiro atoms. The number of carbonyl (C=O) groups excluding carboxylic acids is 2. The minimum atomic E-state index is -0.884. The molecule has 148 valence electrons. The highest BCUT2D eigenvalue weighted by Crippen LogP contribution is 2.41. The number of nitrogens with one attached hydrogen (secondary N) is 1. The molecule has 2 aromatic rings. The first-order valence-corrected chi connectivity index (χ1v) is 9.26. The number of piperidine rings is 1. The first kappa shape index (κ1) is 18.4. The van der Waals surface area contributed by atoms with Gasteiger partial charge in [0.1, 0.15) is 11.4 Å². The van der Waals surface area contributed by atoms with Gasteiger partial charge in [0.15, 0.2) is 17.3 Å². The molecule has 0 aliphatic carbocycles. The summed E-state index contributed by atoms with van der Waals surface area (Å²) in [6.45, 7) is 1.31. The van der Waals surface area contributed by atoms with Gasteiger partial charge in [-0.1, -0.05) is 0 Å². The molecule has 2 amide bonds. The summed E-state index contributed by atoms with van der Waals surface area (Å²) in [5.74, 6) is 1.36. The predicted octanol–water partition coefficient (Wildman–Crippen LogP) is 0.957. The van der Waals surface area contributed by atoms with Crippen molar-refractivity contribution in [3.63, 3.8) is 0 Å². The van der Waals surface area contributed by atoms with E-state index in [4.69, 9.17) is 20.2 Å². The number of fused-ring (bicyclic) bond motifs is 1. The average Bonchev–Trinajstić information content (AvgIpc) is 3.06. The van der Waals surface area contributed by atoms with E-state index in [1.54, 1.807) is 26.4 Å². The van der Waals surface area contributed by atoms with E-state index < -0.39 is 5.54 Å². The number of imide groups is 1. The number of nitrogen functional groups attached to an aromatic ring is 1. The zero-order valence-electron chi connectivity index (χ0n) is 15.9. The number of hydrogen-bond acceptors (Lipinski definition) is 8. The van der Waals surface area contributed by atoms with Crippen LogP contribution in [0.4, 0.5) is 5.82 Å². The van der Waals surface area contributed by atoms with Crippen LogP contribution in [0.25, 0.3) is 10.9 Å². The highest BCUT2D eigenvalue weighted by Gasteiger charge is 2.50. The molecule has 1 aromatic heterocycles. The number of benzene rings is 1. The zero-order chi connectivity index (χ0) is 19.9. The van der Waals surface area contributed by atoms with E-state index in [1.165, 1.54) is 4.90 Å². The molecule has 1 aromatic carbocycles. The quantitative estimate of drug-likeness (QED) is 0.747. The van der Waals surface area contributed by atoms with Crippen molar-refractivity contribution < 1.29 is 19.1 Å². The number of methoxy groups -OCH3 is 2. The number of carbonyl (C=O) groups is 2. The summed E-state index contributed by atoms with van der Waals surface area (Å²) in [6.07, 6.45) is 1.54. The van der Waals surface area contributed by atoms with E-state index in [-0.39, 0.29) is 30.5 Å². The second-order valence-corrected chi connectivity index (χ2v) is 7.06. The Balaban J connectivity index is 1.91. The lowest BCUT2D eigenvalue weighted by molar-refractivity contribution is -0.148. The molecule has 2 aliphatic rings. The molecule has 0 unspecified atom stereocenters. The second kappa shape index (κ2) is 6.90. The number of rotatable bonds is 4. The number of likely N-dealkylation sites (tertiary alicyclic amines) is 1. The van der Waals surface area contributed by atoms with Crippen LogP contribution in [0.5, 0.6) is 11.5 Å². The minimum Gasteiger partial charge on any atom is -0.493 e. The van der Waals surface area contributed by atoms with Crippen LogP contribution in [-0.4, -0.2) is 54.0 Å². The lowest BCUT2D eigenvalue weighted by atomic mass is 9.85. The molecule has 28 heavy (non-hydrogen) atoms. The maximum atomic E-state index is 12.6. The molecule has 0 saturated carbocycles. The third kappa shape index (κ3) is 2.73. The Bertz CT molecular complexity index is 939. The van der Waals surface area contributed by atoms with Gasteiger partial charge in [0, 0.05) is 24.3 Å². The van der Waals surface area contributed by atoms with Gasteiger partial charge in [-0.3, -0.25) is 14.5 Å². The lowest BCUT2D eigenvalue weighted by Gasteiger charge is -2.42. The SMILES string of the molecule is COc1cc2nc(C3(N4C(=O)CCC4=O)CCNCC3)nc(N)c2cc1OC. The van der Waals surface area contributed by atoms with E-state index in [0.717, 1.165) is 0 Å². The molecule has 3 heterocycles. The third-order valence-electron chi connectivity index (χ3n) is 5.56. The smallest absolute Gasteiger partial charge is 0.230 e. The standard InChI is InChI=1S/C19H23N5O4/c1-27-13-9-11-12(10-14(13)28-2)22-18(23-17(11)20)19(5-7-21-8-6-19)24-15(25)3-4-16(24)26/h9-10,21H,3-8H2,1-2H3,(H2,20,22,23). The second-order valence-electron chi connectivity index (χ2n) is 7.06. The highest BCUT2D eigenvalue weighted by atomic mass is 16.5. The molecule has 2 fully saturated rings. The Morgan fingerprint density at radius 1 is 1.04 bits per heavy atom. The van der Waals surface area contributed by atoms with E-state index in [9.17, 15) is 9.59 Å². The number of nitrogens with zero attached hydrogens (tertiary/aromatic N) is 3. The summed E-state index contributed by atoms with van der Waals surface area (Å²) in [4.78, 5) is 35.7. The molecule has 4 rings (SSSR count). The molecular weight excluding hydrogens is 362 g/mol. The summed E-state index contributed by atoms with van der Waals surface area (Å²) < 4.78 is 10.7. The molecule has 9 heteroatoms. The van der Waals surface area contributed by atoms with E-state index in [2.05, 4.69) is 10.3 Å². The van der Waals surface area contributed by atoms with Crippen molar-refractivity contribution in [1.29, 1.82) is 0 Å². The number of nitrogens with two attached hydrogens (primary N) is 1. The van der Waals surface area contributed by atoms with Crippen LogP contribution in [-0.2, 0) is 15.1 Å². The first-order chi connectivity index (χ1) is 13.5. The number of anilines is 1. The number of ether oxygens (including phenoxy) is 2. The van der Waals surface area contributed by atoms with Crippen molar-refractivity contribution in [3.8, 4) is 11.5 Å². The van der Waals surface area contributed by atoms with Gasteiger partial charge in [0.25, 0.3) is 0 Å². The average molecular weight is 385 g/mol. The maximum Gasteiger partial charge on any atom is 0.230 e. The van der Waals surface area contributed by atoms with Crippen LogP contribution >= 0.6 is 0 Å². The molecule has 0 radical (unpaired) electrons. The van der Waals surface area contributed by atoms with Gasteiger partial charge in [-0.05, 0) is 32.0 Å². The van der Waals surface area contributed by atoms with Crippen LogP contribution in [0, 0.1) is 0 Å². The lowest BCUT2D eigenvalue weighted by Crippen LogP contribution is -2.55. The van der Waals surface area contributed by atoms with Crippen LogP contribution in [0.3, 0.4) is 0 Å². The van der Waals surface area contributed by atoms with E-state index >= 15 is 0 Å². The summed E-state index contributed by atoms with van der Waals surface area (Å²) in [6, 6.07) is 3.46. The van der Waals surface area contributed by atoms with Crippen LogP contribution in [0.1, 0.15) is 31.5 Å². The van der Waals surface area contributed by atoms with E-state index in [0.29, 0.717) is 54.2 Å². The van der Waals surface area contributed by atoms with Gasteiger partial charge < -0.3 is 20.5 Å². The predicted molar refractivity (Wildman–Crippen MR) is 102 cm³/mol.